The molecular weight excluding hydrogens is 585 g/mol. The van der Waals surface area contributed by atoms with Gasteiger partial charge in [-0.3, -0.25) is 4.79 Å². The van der Waals surface area contributed by atoms with Crippen LogP contribution in [0.5, 0.6) is 0 Å². The molecule has 13 heteroatoms. The molecule has 8 nitrogen and oxygen atoms in total. The van der Waals surface area contributed by atoms with Gasteiger partial charge in [0.1, 0.15) is 5.82 Å². The predicted octanol–water partition coefficient (Wildman–Crippen LogP) is 7.56. The van der Waals surface area contributed by atoms with E-state index in [1.54, 1.807) is 30.5 Å². The van der Waals surface area contributed by atoms with Crippen molar-refractivity contribution in [3.05, 3.63) is 95.8 Å². The summed E-state index contributed by atoms with van der Waals surface area (Å²) in [6.07, 6.45) is 2.70. The Balaban J connectivity index is 0.00000384. The number of benzene rings is 2. The molecule has 226 valence electrons. The molecule has 3 aromatic heterocycles. The summed E-state index contributed by atoms with van der Waals surface area (Å²) < 4.78 is 79.9. The second kappa shape index (κ2) is 11.4. The van der Waals surface area contributed by atoms with Crippen molar-refractivity contribution in [1.29, 1.82) is 0 Å². The van der Waals surface area contributed by atoms with E-state index >= 15 is 0 Å². The lowest BCUT2D eigenvalue weighted by Gasteiger charge is -2.38. The van der Waals surface area contributed by atoms with Crippen LogP contribution in [0.25, 0.3) is 46.3 Å². The number of hydrogen-bond donors (Lipinski definition) is 1. The number of amides is 1. The molecule has 1 amide bonds. The molecule has 6 rings (SSSR count). The standard InChI is InChI=1S/C30H20F5N5O3.CH4/c31-29(32)15-40(16-29)28(41)19-5-3-18(4-6-19)20-7-8-21(22(11-20)30(33,34)35)27-39-14-24(43-27)23-13-38-26(42-23)10-2-17-1-9-25(36)37-12-17;/h1-14H,15-16H2,(H2,36,37);1H4/b10-2+;. The molecule has 0 atom stereocenters. The number of pyridine rings is 1. The number of carbonyl (C=O) groups is 1. The molecule has 44 heavy (non-hydrogen) atoms. The molecule has 1 aliphatic rings. The highest BCUT2D eigenvalue weighted by Crippen LogP contribution is 2.40. The number of hydrogen-bond acceptors (Lipinski definition) is 7. The summed E-state index contributed by atoms with van der Waals surface area (Å²) >= 11 is 0. The van der Waals surface area contributed by atoms with Gasteiger partial charge in [-0.15, -0.1) is 0 Å². The Morgan fingerprint density at radius 2 is 1.55 bits per heavy atom. The Labute approximate surface area is 247 Å². The number of nitrogens with two attached hydrogens (primary N) is 1. The third-order valence-corrected chi connectivity index (χ3v) is 6.65. The molecule has 0 aliphatic carbocycles. The van der Waals surface area contributed by atoms with Gasteiger partial charge in [0, 0.05) is 23.4 Å². The third kappa shape index (κ3) is 6.21. The maximum Gasteiger partial charge on any atom is 0.417 e. The molecule has 1 fully saturated rings. The lowest BCUT2D eigenvalue weighted by molar-refractivity contribution is -0.137. The van der Waals surface area contributed by atoms with E-state index in [1.807, 2.05) is 0 Å². The summed E-state index contributed by atoms with van der Waals surface area (Å²) in [6.45, 7) is -1.33. The minimum Gasteiger partial charge on any atom is -0.433 e. The fraction of sp³-hybridized carbons (Fsp3) is 0.161. The summed E-state index contributed by atoms with van der Waals surface area (Å²) in [5, 5.41) is 0. The van der Waals surface area contributed by atoms with Gasteiger partial charge in [-0.1, -0.05) is 25.6 Å². The number of carbonyl (C=O) groups excluding carboxylic acids is 1. The van der Waals surface area contributed by atoms with E-state index in [4.69, 9.17) is 14.6 Å². The molecule has 1 aliphatic heterocycles. The summed E-state index contributed by atoms with van der Waals surface area (Å²) in [6, 6.07) is 12.8. The number of nitrogen functional groups attached to an aromatic ring is 1. The topological polar surface area (TPSA) is 111 Å². The Kier molecular flexibility index (Phi) is 7.81. The summed E-state index contributed by atoms with van der Waals surface area (Å²) in [5.41, 5.74) is 5.83. The van der Waals surface area contributed by atoms with Gasteiger partial charge in [0.25, 0.3) is 11.8 Å². The summed E-state index contributed by atoms with van der Waals surface area (Å²) in [4.78, 5) is 25.5. The lowest BCUT2D eigenvalue weighted by atomic mass is 9.97. The number of anilines is 1. The van der Waals surface area contributed by atoms with Crippen LogP contribution in [0, 0.1) is 0 Å². The Hall–Kier alpha value is -5.33. The van der Waals surface area contributed by atoms with Crippen molar-refractivity contribution in [2.45, 2.75) is 19.5 Å². The second-order valence-corrected chi connectivity index (χ2v) is 9.79. The molecule has 4 heterocycles. The first-order valence-corrected chi connectivity index (χ1v) is 12.8. The van der Waals surface area contributed by atoms with E-state index in [1.165, 1.54) is 48.8 Å². The number of rotatable bonds is 6. The fourth-order valence-electron chi connectivity index (χ4n) is 4.46. The van der Waals surface area contributed by atoms with Crippen LogP contribution in [-0.2, 0) is 6.18 Å². The highest BCUT2D eigenvalue weighted by Gasteiger charge is 2.46. The van der Waals surface area contributed by atoms with E-state index < -0.39 is 36.7 Å². The number of nitrogens with zero attached hydrogens (tertiary/aromatic N) is 4. The van der Waals surface area contributed by atoms with Crippen LogP contribution >= 0.6 is 0 Å². The average molecular weight is 610 g/mol. The first-order chi connectivity index (χ1) is 20.4. The predicted molar refractivity (Wildman–Crippen MR) is 153 cm³/mol. The fourth-order valence-corrected chi connectivity index (χ4v) is 4.46. The van der Waals surface area contributed by atoms with Crippen LogP contribution in [0.2, 0.25) is 0 Å². The molecule has 0 bridgehead atoms. The normalized spacial score (nSPS) is 14.3. The molecule has 1 saturated heterocycles. The van der Waals surface area contributed by atoms with Crippen LogP contribution in [-0.4, -0.2) is 44.8 Å². The average Bonchev–Trinajstić information content (AvgIpc) is 3.65. The van der Waals surface area contributed by atoms with Crippen LogP contribution in [0.15, 0.2) is 82.0 Å². The van der Waals surface area contributed by atoms with Gasteiger partial charge >= 0.3 is 6.18 Å². The maximum absolute atomic E-state index is 14.1. The molecule has 2 aromatic carbocycles. The van der Waals surface area contributed by atoms with Gasteiger partial charge in [-0.05, 0) is 59.2 Å². The van der Waals surface area contributed by atoms with Gasteiger partial charge in [-0.2, -0.15) is 13.2 Å². The Morgan fingerprint density at radius 3 is 2.20 bits per heavy atom. The minimum atomic E-state index is -4.75. The number of oxazole rings is 2. The number of alkyl halides is 5. The maximum atomic E-state index is 14.1. The van der Waals surface area contributed by atoms with Crippen LogP contribution < -0.4 is 5.73 Å². The van der Waals surface area contributed by atoms with E-state index in [0.29, 0.717) is 11.4 Å². The van der Waals surface area contributed by atoms with Crippen LogP contribution in [0.3, 0.4) is 0 Å². The largest absolute Gasteiger partial charge is 0.433 e. The van der Waals surface area contributed by atoms with Crippen molar-refractivity contribution >= 4 is 23.9 Å². The minimum absolute atomic E-state index is 0. The highest BCUT2D eigenvalue weighted by atomic mass is 19.4. The molecule has 0 spiro atoms. The van der Waals surface area contributed by atoms with E-state index in [0.717, 1.165) is 16.5 Å². The Bertz CT molecular complexity index is 1820. The van der Waals surface area contributed by atoms with Gasteiger partial charge in [-0.25, -0.2) is 23.7 Å². The smallest absolute Gasteiger partial charge is 0.417 e. The monoisotopic (exact) mass is 609 g/mol. The van der Waals surface area contributed by atoms with E-state index in [9.17, 15) is 26.7 Å². The molecule has 2 N–H and O–H groups in total. The summed E-state index contributed by atoms with van der Waals surface area (Å²) in [5.74, 6) is -2.91. The lowest BCUT2D eigenvalue weighted by Crippen LogP contribution is -2.58. The number of likely N-dealkylation sites (tertiary alicyclic amines) is 1. The van der Waals surface area contributed by atoms with Crippen LogP contribution in [0.4, 0.5) is 27.8 Å². The van der Waals surface area contributed by atoms with Crippen molar-refractivity contribution in [2.75, 3.05) is 18.8 Å². The van der Waals surface area contributed by atoms with E-state index in [-0.39, 0.29) is 47.4 Å². The first kappa shape index (κ1) is 30.1. The quantitative estimate of drug-likeness (QED) is 0.198. The zero-order chi connectivity index (χ0) is 30.4. The zero-order valence-corrected chi connectivity index (χ0v) is 22.0. The van der Waals surface area contributed by atoms with Gasteiger partial charge in [0.15, 0.2) is 11.5 Å². The zero-order valence-electron chi connectivity index (χ0n) is 22.0. The molecule has 0 unspecified atom stereocenters. The third-order valence-electron chi connectivity index (χ3n) is 6.65. The first-order valence-electron chi connectivity index (χ1n) is 12.8. The van der Waals surface area contributed by atoms with Gasteiger partial charge < -0.3 is 19.5 Å². The van der Waals surface area contributed by atoms with Crippen molar-refractivity contribution in [3.8, 4) is 34.1 Å². The van der Waals surface area contributed by atoms with Gasteiger partial charge in [0.2, 0.25) is 11.8 Å². The van der Waals surface area contributed by atoms with Crippen molar-refractivity contribution in [1.82, 2.24) is 19.9 Å². The van der Waals surface area contributed by atoms with Crippen LogP contribution in [0.1, 0.15) is 34.8 Å². The molecule has 5 aromatic rings. The number of aromatic nitrogens is 3. The van der Waals surface area contributed by atoms with Crippen molar-refractivity contribution < 1.29 is 35.6 Å². The SMILES string of the molecule is C.Nc1ccc(/C=C/c2ncc(-c3cnc(-c4ccc(-c5ccc(C(=O)N6CC(F)(F)C6)cc5)cc4C(F)(F)F)o3)o2)cn1. The van der Waals surface area contributed by atoms with E-state index in [2.05, 4.69) is 15.0 Å². The molecule has 0 radical (unpaired) electrons. The molecule has 0 saturated carbocycles. The Morgan fingerprint density at radius 1 is 0.864 bits per heavy atom. The molecular formula is C31H24F5N5O3. The van der Waals surface area contributed by atoms with Gasteiger partial charge in [0.05, 0.1) is 31.0 Å². The second-order valence-electron chi connectivity index (χ2n) is 9.79. The van der Waals surface area contributed by atoms with Crippen molar-refractivity contribution in [3.63, 3.8) is 0 Å². The van der Waals surface area contributed by atoms with Crippen molar-refractivity contribution in [2.24, 2.45) is 0 Å². The highest BCUT2D eigenvalue weighted by molar-refractivity contribution is 5.95. The number of halogens is 5. The summed E-state index contributed by atoms with van der Waals surface area (Å²) in [7, 11) is 0.